The van der Waals surface area contributed by atoms with Gasteiger partial charge in [0.1, 0.15) is 25.4 Å². The average molecular weight is 548 g/mol. The van der Waals surface area contributed by atoms with Gasteiger partial charge in [-0.3, -0.25) is 33.9 Å². The molecule has 0 rings (SSSR count). The van der Waals surface area contributed by atoms with Crippen LogP contribution in [0.1, 0.15) is 20.8 Å². The molecule has 38 heavy (non-hydrogen) atoms. The van der Waals surface area contributed by atoms with Gasteiger partial charge in [-0.25, -0.2) is 4.79 Å². The second-order valence-electron chi connectivity index (χ2n) is 10.8. The third-order valence-electron chi connectivity index (χ3n) is 4.41. The molecule has 0 aliphatic rings. The predicted molar refractivity (Wildman–Crippen MR) is 138 cm³/mol. The number of nitrogens with one attached hydrogen (secondary N) is 2. The van der Waals surface area contributed by atoms with Crippen LogP contribution in [0, 0.1) is 5.41 Å². The Labute approximate surface area is 225 Å². The van der Waals surface area contributed by atoms with E-state index in [0.717, 1.165) is 0 Å². The zero-order valence-electron chi connectivity index (χ0n) is 24.2. The Balaban J connectivity index is 5.63. The number of alkyl carbamates (subject to hydrolysis) is 1. The Kier molecular flexibility index (Phi) is 15.5. The molecular formula is C24H45N5O9. The number of carbonyl (C=O) groups is 5. The lowest BCUT2D eigenvalue weighted by atomic mass is 9.90. The van der Waals surface area contributed by atoms with Gasteiger partial charge in [0.05, 0.1) is 31.6 Å². The molecule has 0 aliphatic carbocycles. The molecule has 0 heterocycles. The average Bonchev–Trinajstić information content (AvgIpc) is 2.74. The van der Waals surface area contributed by atoms with Gasteiger partial charge >= 0.3 is 24.0 Å². The van der Waals surface area contributed by atoms with Crippen molar-refractivity contribution in [1.29, 1.82) is 0 Å². The number of nitrogens with zero attached hydrogens (tertiary/aromatic N) is 3. The van der Waals surface area contributed by atoms with E-state index >= 15 is 0 Å². The van der Waals surface area contributed by atoms with Gasteiger partial charge in [-0.15, -0.1) is 0 Å². The smallest absolute Gasteiger partial charge is 0.408 e. The molecule has 14 heteroatoms. The van der Waals surface area contributed by atoms with Crippen LogP contribution in [-0.4, -0.2) is 145 Å². The first-order valence-electron chi connectivity index (χ1n) is 12.1. The minimum atomic E-state index is -1.30. The van der Waals surface area contributed by atoms with E-state index in [9.17, 15) is 24.0 Å². The lowest BCUT2D eigenvalue weighted by Gasteiger charge is -2.33. The molecule has 0 saturated heterocycles. The van der Waals surface area contributed by atoms with Crippen molar-refractivity contribution in [3.8, 4) is 0 Å². The molecule has 14 nitrogen and oxygen atoms in total. The first-order chi connectivity index (χ1) is 17.4. The van der Waals surface area contributed by atoms with E-state index in [1.165, 1.54) is 0 Å². The minimum Gasteiger partial charge on any atom is -0.464 e. The molecule has 0 atom stereocenters. The number of likely N-dealkylation sites (N-methyl/N-ethyl adjacent to an activating group) is 3. The SMILES string of the molecule is CN(C)CC(=O)OCC(CNC(=O)CNC(=O)OC(C)(C)C)(COC(=O)CN(C)C)COC(=O)CN(C)C. The highest BCUT2D eigenvalue weighted by Gasteiger charge is 2.37. The molecule has 2 amide bonds. The van der Waals surface area contributed by atoms with Crippen molar-refractivity contribution in [3.63, 3.8) is 0 Å². The lowest BCUT2D eigenvalue weighted by Crippen LogP contribution is -2.50. The largest absolute Gasteiger partial charge is 0.464 e. The fourth-order valence-electron chi connectivity index (χ4n) is 2.71. The molecule has 0 aliphatic heterocycles. The van der Waals surface area contributed by atoms with Crippen LogP contribution in [0.15, 0.2) is 0 Å². The van der Waals surface area contributed by atoms with E-state index in [1.54, 1.807) is 77.8 Å². The van der Waals surface area contributed by atoms with Gasteiger partial charge < -0.3 is 29.6 Å². The van der Waals surface area contributed by atoms with Crippen LogP contribution >= 0.6 is 0 Å². The Morgan fingerprint density at radius 2 is 1.00 bits per heavy atom. The van der Waals surface area contributed by atoms with E-state index in [2.05, 4.69) is 10.6 Å². The molecule has 2 N–H and O–H groups in total. The molecule has 0 aromatic carbocycles. The molecular weight excluding hydrogens is 502 g/mol. The van der Waals surface area contributed by atoms with Gasteiger partial charge in [0.25, 0.3) is 0 Å². The molecule has 0 aromatic heterocycles. The minimum absolute atomic E-state index is 0.0108. The topological polar surface area (TPSA) is 156 Å². The summed E-state index contributed by atoms with van der Waals surface area (Å²) in [6.45, 7) is 3.50. The van der Waals surface area contributed by atoms with E-state index in [1.807, 2.05) is 0 Å². The monoisotopic (exact) mass is 547 g/mol. The highest BCUT2D eigenvalue weighted by molar-refractivity contribution is 5.82. The Morgan fingerprint density at radius 3 is 1.32 bits per heavy atom. The van der Waals surface area contributed by atoms with Crippen molar-refractivity contribution in [2.45, 2.75) is 26.4 Å². The maximum absolute atomic E-state index is 12.5. The van der Waals surface area contributed by atoms with Crippen LogP contribution in [0.2, 0.25) is 0 Å². The van der Waals surface area contributed by atoms with E-state index < -0.39 is 47.5 Å². The molecule has 0 spiro atoms. The molecule has 0 aromatic rings. The zero-order valence-corrected chi connectivity index (χ0v) is 24.2. The molecule has 0 fully saturated rings. The number of hydrogen-bond acceptors (Lipinski definition) is 12. The normalized spacial score (nSPS) is 11.8. The van der Waals surface area contributed by atoms with Crippen LogP contribution < -0.4 is 10.6 Å². The zero-order chi connectivity index (χ0) is 29.5. The molecule has 0 unspecified atom stereocenters. The highest BCUT2D eigenvalue weighted by Crippen LogP contribution is 2.20. The van der Waals surface area contributed by atoms with Crippen molar-refractivity contribution >= 4 is 29.9 Å². The van der Waals surface area contributed by atoms with Gasteiger partial charge in [-0.2, -0.15) is 0 Å². The van der Waals surface area contributed by atoms with Gasteiger partial charge in [-0.05, 0) is 63.1 Å². The Bertz CT molecular complexity index is 730. The van der Waals surface area contributed by atoms with E-state index in [4.69, 9.17) is 18.9 Å². The number of carbonyl (C=O) groups excluding carboxylic acids is 5. The third kappa shape index (κ3) is 18.3. The predicted octanol–water partition coefficient (Wildman–Crippen LogP) is -1.07. The molecule has 0 bridgehead atoms. The summed E-state index contributed by atoms with van der Waals surface area (Å²) in [4.78, 5) is 66.0. The molecule has 0 radical (unpaired) electrons. The van der Waals surface area contributed by atoms with Crippen LogP contribution in [0.3, 0.4) is 0 Å². The summed E-state index contributed by atoms with van der Waals surface area (Å²) in [7, 11) is 10.2. The van der Waals surface area contributed by atoms with Crippen molar-refractivity contribution in [2.75, 3.05) is 94.8 Å². The number of hydrogen-bond donors (Lipinski definition) is 2. The van der Waals surface area contributed by atoms with Crippen LogP contribution in [-0.2, 0) is 38.1 Å². The van der Waals surface area contributed by atoms with Crippen LogP contribution in [0.25, 0.3) is 0 Å². The number of esters is 3. The number of amides is 2. The molecule has 0 saturated carbocycles. The number of ether oxygens (including phenoxy) is 4. The fourth-order valence-corrected chi connectivity index (χ4v) is 2.71. The summed E-state index contributed by atoms with van der Waals surface area (Å²) < 4.78 is 21.3. The quantitative estimate of drug-likeness (QED) is 0.178. The van der Waals surface area contributed by atoms with Gasteiger partial charge in [0.15, 0.2) is 0 Å². The van der Waals surface area contributed by atoms with Crippen molar-refractivity contribution in [3.05, 3.63) is 0 Å². The maximum Gasteiger partial charge on any atom is 0.408 e. The summed E-state index contributed by atoms with van der Waals surface area (Å²) >= 11 is 0. The summed E-state index contributed by atoms with van der Waals surface area (Å²) in [5.41, 5.74) is -2.04. The van der Waals surface area contributed by atoms with Crippen molar-refractivity contribution < 1.29 is 42.9 Å². The van der Waals surface area contributed by atoms with Crippen LogP contribution in [0.4, 0.5) is 4.79 Å². The lowest BCUT2D eigenvalue weighted by molar-refractivity contribution is -0.162. The van der Waals surface area contributed by atoms with Crippen molar-refractivity contribution in [2.24, 2.45) is 5.41 Å². The number of rotatable bonds is 16. The summed E-state index contributed by atoms with van der Waals surface area (Å²) in [5, 5.41) is 4.97. The first kappa shape index (κ1) is 35.0. The van der Waals surface area contributed by atoms with E-state index in [0.29, 0.717) is 0 Å². The van der Waals surface area contributed by atoms with Gasteiger partial charge in [-0.1, -0.05) is 0 Å². The first-order valence-corrected chi connectivity index (χ1v) is 12.1. The standard InChI is InChI=1S/C24H45N5O9/c1-23(2,3)38-22(34)25-10-18(30)26-14-24(15-35-19(31)11-27(4)5,16-36-20(32)12-28(6)7)17-37-21(33)13-29(8)9/h10-17H2,1-9H3,(H,25,34)(H,26,30). The van der Waals surface area contributed by atoms with E-state index in [-0.39, 0.29) is 46.0 Å². The summed E-state index contributed by atoms with van der Waals surface area (Å²) in [6.07, 6.45) is -0.772. The Hall–Kier alpha value is -2.97. The van der Waals surface area contributed by atoms with Gasteiger partial charge in [0.2, 0.25) is 5.91 Å². The van der Waals surface area contributed by atoms with Gasteiger partial charge in [0, 0.05) is 6.54 Å². The van der Waals surface area contributed by atoms with Crippen molar-refractivity contribution in [1.82, 2.24) is 25.3 Å². The Morgan fingerprint density at radius 1 is 0.632 bits per heavy atom. The maximum atomic E-state index is 12.5. The summed E-state index contributed by atoms with van der Waals surface area (Å²) in [6, 6.07) is 0. The highest BCUT2D eigenvalue weighted by atomic mass is 16.6. The second kappa shape index (κ2) is 16.8. The second-order valence-corrected chi connectivity index (χ2v) is 10.8. The molecule has 220 valence electrons. The summed E-state index contributed by atoms with van der Waals surface area (Å²) in [5.74, 6) is -2.26. The fraction of sp³-hybridized carbons (Fsp3) is 0.792. The third-order valence-corrected chi connectivity index (χ3v) is 4.41. The van der Waals surface area contributed by atoms with Crippen LogP contribution in [0.5, 0.6) is 0 Å².